The van der Waals surface area contributed by atoms with Gasteiger partial charge in [-0.15, -0.1) is 0 Å². The van der Waals surface area contributed by atoms with E-state index in [0.29, 0.717) is 0 Å². The zero-order valence-corrected chi connectivity index (χ0v) is 20.1. The van der Waals surface area contributed by atoms with Gasteiger partial charge in [-0.2, -0.15) is 0 Å². The number of hydrogen-bond donors (Lipinski definition) is 0. The third kappa shape index (κ3) is 1.83. The molecule has 0 aliphatic rings. The Morgan fingerprint density at radius 3 is 2.30 bits per heavy atom. The molecular weight excluding hydrogens is 539 g/mol. The van der Waals surface area contributed by atoms with E-state index >= 15 is 0 Å². The molecule has 154 valence electrons. The van der Waals surface area contributed by atoms with Crippen molar-refractivity contribution < 1.29 is 4.42 Å². The third-order valence-electron chi connectivity index (χ3n) is 7.21. The van der Waals surface area contributed by atoms with Crippen molar-refractivity contribution in [1.29, 1.82) is 0 Å². The number of rotatable bonds is 0. The zero-order valence-electron chi connectivity index (χ0n) is 17.1. The Balaban J connectivity index is 1.78. The van der Waals surface area contributed by atoms with Gasteiger partial charge in [0, 0.05) is 26.9 Å². The summed E-state index contributed by atoms with van der Waals surface area (Å²) in [6.45, 7) is 0. The fraction of sp³-hybridized carbons (Fsp3) is 0. The second-order valence-corrected chi connectivity index (χ2v) is 10.7. The van der Waals surface area contributed by atoms with Gasteiger partial charge >= 0.3 is 0 Å². The van der Waals surface area contributed by atoms with Gasteiger partial charge in [0.25, 0.3) is 0 Å². The van der Waals surface area contributed by atoms with E-state index in [2.05, 4.69) is 103 Å². The van der Waals surface area contributed by atoms with E-state index in [1.165, 1.54) is 70.0 Å². The summed E-state index contributed by atoms with van der Waals surface area (Å²) in [5.74, 6) is 0. The second-order valence-electron chi connectivity index (χ2n) is 8.73. The van der Waals surface area contributed by atoms with Crippen molar-refractivity contribution in [2.45, 2.75) is 0 Å². The lowest BCUT2D eigenvalue weighted by Crippen LogP contribution is -1.86. The molecule has 0 bridgehead atoms. The Morgan fingerprint density at radius 2 is 1.36 bits per heavy atom. The highest BCUT2D eigenvalue weighted by Gasteiger charge is 2.25. The molecule has 0 aliphatic carbocycles. The predicted octanol–water partition coefficient (Wildman–Crippen LogP) is 9.10. The molecule has 0 saturated heterocycles. The lowest BCUT2D eigenvalue weighted by atomic mass is 10.0. The van der Waals surface area contributed by atoms with Crippen molar-refractivity contribution >= 4 is 115 Å². The number of hydrogen-bond acceptors (Lipinski definition) is 2. The van der Waals surface area contributed by atoms with Crippen LogP contribution < -0.4 is 0 Å². The van der Waals surface area contributed by atoms with E-state index in [1.807, 2.05) is 6.07 Å². The molecule has 5 aromatic heterocycles. The number of halogens is 1. The molecule has 5 heteroatoms. The first kappa shape index (κ1) is 17.2. The van der Waals surface area contributed by atoms with Crippen LogP contribution in [0.4, 0.5) is 0 Å². The molecule has 0 saturated carbocycles. The van der Waals surface area contributed by atoms with Crippen LogP contribution in [0.2, 0.25) is 0 Å². The van der Waals surface area contributed by atoms with Crippen molar-refractivity contribution in [2.75, 3.05) is 0 Å². The third-order valence-corrected chi connectivity index (χ3v) is 9.34. The van der Waals surface area contributed by atoms with Crippen LogP contribution in [0.25, 0.3) is 80.5 Å². The summed E-state index contributed by atoms with van der Waals surface area (Å²) >= 11 is 4.23. The molecule has 0 aliphatic heterocycles. The normalized spacial score (nSPS) is 13.0. The molecule has 4 aromatic carbocycles. The number of fused-ring (bicyclic) bond motifs is 10. The molecule has 9 rings (SSSR count). The first-order valence-corrected chi connectivity index (χ1v) is 12.7. The van der Waals surface area contributed by atoms with Gasteiger partial charge in [0.15, 0.2) is 4.90 Å². The lowest BCUT2D eigenvalue weighted by molar-refractivity contribution is 0.678. The summed E-state index contributed by atoms with van der Waals surface area (Å²) in [6, 6.07) is 28.5. The zero-order chi connectivity index (χ0) is 21.4. The summed E-state index contributed by atoms with van der Waals surface area (Å²) in [5, 5.41) is 8.97. The smallest absolute Gasteiger partial charge is 0.191 e. The number of aromatic nitrogens is 2. The maximum absolute atomic E-state index is 6.32. The molecule has 0 N–H and O–H groups in total. The largest absolute Gasteiger partial charge is 0.445 e. The molecular formula is C28H13IN2OS. The van der Waals surface area contributed by atoms with Crippen LogP contribution in [-0.2, 0) is 0 Å². The average Bonchev–Trinajstić information content (AvgIpc) is 3.53. The van der Waals surface area contributed by atoms with Crippen molar-refractivity contribution in [3.63, 3.8) is 0 Å². The molecule has 0 radical (unpaired) electrons. The van der Waals surface area contributed by atoms with E-state index in [4.69, 9.17) is 4.42 Å². The summed E-state index contributed by atoms with van der Waals surface area (Å²) in [5.41, 5.74) is 7.28. The van der Waals surface area contributed by atoms with E-state index in [-0.39, 0.29) is 0 Å². The Hall–Kier alpha value is -3.29. The molecule has 0 amide bonds. The SMILES string of the molecule is In1c2cccc3c4ccccc4n4c5c(ccc1c5c32)c1sc2oc3ccccc3c2c14. The van der Waals surface area contributed by atoms with Crippen LogP contribution in [0.5, 0.6) is 0 Å². The van der Waals surface area contributed by atoms with E-state index in [1.54, 1.807) is 11.3 Å². The van der Waals surface area contributed by atoms with E-state index < -0.39 is 0 Å². The minimum Gasteiger partial charge on any atom is -0.445 e. The fourth-order valence-corrected chi connectivity index (χ4v) is 7.94. The summed E-state index contributed by atoms with van der Waals surface area (Å²) < 4.78 is 12.4. The van der Waals surface area contributed by atoms with E-state index in [0.717, 1.165) is 10.5 Å². The minimum absolute atomic E-state index is 0.954. The van der Waals surface area contributed by atoms with Crippen LogP contribution in [0, 0.1) is 0 Å². The highest BCUT2D eigenvalue weighted by molar-refractivity contribution is 14.1. The quantitative estimate of drug-likeness (QED) is 0.172. The van der Waals surface area contributed by atoms with Crippen molar-refractivity contribution in [3.8, 4) is 0 Å². The minimum atomic E-state index is 0.954. The predicted molar refractivity (Wildman–Crippen MR) is 149 cm³/mol. The molecule has 0 unspecified atom stereocenters. The van der Waals surface area contributed by atoms with E-state index in [9.17, 15) is 0 Å². The molecule has 0 fully saturated rings. The van der Waals surface area contributed by atoms with Gasteiger partial charge in [-0.25, -0.2) is 0 Å². The number of furan rings is 1. The van der Waals surface area contributed by atoms with Gasteiger partial charge in [-0.1, -0.05) is 59.9 Å². The number of benzene rings is 4. The highest BCUT2D eigenvalue weighted by atomic mass is 127. The van der Waals surface area contributed by atoms with Gasteiger partial charge in [-0.05, 0) is 35.7 Å². The lowest BCUT2D eigenvalue weighted by Gasteiger charge is -2.03. The molecule has 0 atom stereocenters. The molecule has 33 heavy (non-hydrogen) atoms. The first-order valence-electron chi connectivity index (χ1n) is 10.9. The van der Waals surface area contributed by atoms with Crippen molar-refractivity contribution in [2.24, 2.45) is 0 Å². The highest BCUT2D eigenvalue weighted by Crippen LogP contribution is 2.49. The second kappa shape index (κ2) is 5.61. The van der Waals surface area contributed by atoms with Crippen molar-refractivity contribution in [3.05, 3.63) is 78.9 Å². The van der Waals surface area contributed by atoms with Crippen LogP contribution in [0.15, 0.2) is 83.3 Å². The van der Waals surface area contributed by atoms with Crippen molar-refractivity contribution in [1.82, 2.24) is 7.18 Å². The number of thiophene rings is 1. The van der Waals surface area contributed by atoms with Crippen LogP contribution in [0.3, 0.4) is 0 Å². The summed E-state index contributed by atoms with van der Waals surface area (Å²) in [6.07, 6.45) is 0. The summed E-state index contributed by atoms with van der Waals surface area (Å²) in [4.78, 5) is 1.00. The number of nitrogens with zero attached hydrogens (tertiary/aromatic N) is 2. The maximum Gasteiger partial charge on any atom is 0.191 e. The summed E-state index contributed by atoms with van der Waals surface area (Å²) in [7, 11) is 0. The molecule has 0 spiro atoms. The standard InChI is InChI=1S/C28H13IN2OS/c29-31-19-10-5-8-15-14-6-1-3-9-18(14)30-25-17(12-13-20(31)24(25)22(15)19)27-26(30)23-16-7-2-4-11-21(16)32-28(23)33-27/h1-13H. The van der Waals surface area contributed by atoms with Gasteiger partial charge in [0.2, 0.25) is 0 Å². The van der Waals surface area contributed by atoms with Gasteiger partial charge in [-0.3, -0.25) is 2.78 Å². The first-order chi connectivity index (χ1) is 16.3. The topological polar surface area (TPSA) is 22.5 Å². The Kier molecular flexibility index (Phi) is 2.93. The van der Waals surface area contributed by atoms with Gasteiger partial charge in [0.05, 0.1) is 60.5 Å². The maximum atomic E-state index is 6.32. The monoisotopic (exact) mass is 552 g/mol. The Labute approximate surface area is 204 Å². The van der Waals surface area contributed by atoms with Crippen LogP contribution in [-0.4, -0.2) is 7.18 Å². The van der Waals surface area contributed by atoms with Gasteiger partial charge < -0.3 is 8.82 Å². The van der Waals surface area contributed by atoms with Gasteiger partial charge in [0.1, 0.15) is 5.58 Å². The van der Waals surface area contributed by atoms with Crippen LogP contribution in [0.1, 0.15) is 0 Å². The molecule has 3 nitrogen and oxygen atoms in total. The van der Waals surface area contributed by atoms with Crippen LogP contribution >= 0.6 is 34.2 Å². The Morgan fingerprint density at radius 1 is 0.606 bits per heavy atom. The fourth-order valence-electron chi connectivity index (χ4n) is 5.95. The average molecular weight is 552 g/mol. The Bertz CT molecular complexity index is 2260. The molecule has 9 aromatic rings. The molecule has 5 heterocycles. The number of para-hydroxylation sites is 2.